The number of rotatable bonds is 5. The zero-order valence-electron chi connectivity index (χ0n) is 16.3. The summed E-state index contributed by atoms with van der Waals surface area (Å²) in [5, 5.41) is 4.23. The van der Waals surface area contributed by atoms with Gasteiger partial charge in [0, 0.05) is 55.0 Å². The van der Waals surface area contributed by atoms with Crippen LogP contribution in [0, 0.1) is 0 Å². The van der Waals surface area contributed by atoms with Crippen LogP contribution in [-0.4, -0.2) is 46.3 Å². The Morgan fingerprint density at radius 2 is 1.79 bits per heavy atom. The Morgan fingerprint density at radius 3 is 2.45 bits per heavy atom. The number of benzene rings is 2. The van der Waals surface area contributed by atoms with E-state index in [0.717, 1.165) is 47.3 Å². The minimum atomic E-state index is -0.377. The number of carbonyl (C=O) groups is 1. The number of furan rings is 1. The normalized spacial score (nSPS) is 14.1. The standard InChI is InChI=1S/C21H22ClN3O4/c1-27-17-10-15(11-18(13-17)28-2)21(26)25(22)16-9-14-3-8-29-20(14)19(12-16)24-6-4-23-5-7-24/h3,8-13,23H,4-7H2,1-2H3. The lowest BCUT2D eigenvalue weighted by Crippen LogP contribution is -2.43. The van der Waals surface area contributed by atoms with Gasteiger partial charge in [-0.2, -0.15) is 0 Å². The maximum Gasteiger partial charge on any atom is 0.273 e. The lowest BCUT2D eigenvalue weighted by atomic mass is 10.1. The quantitative estimate of drug-likeness (QED) is 0.641. The summed E-state index contributed by atoms with van der Waals surface area (Å²) in [6.45, 7) is 3.48. The topological polar surface area (TPSA) is 67.2 Å². The number of methoxy groups -OCH3 is 2. The van der Waals surface area contributed by atoms with E-state index in [1.54, 1.807) is 24.5 Å². The van der Waals surface area contributed by atoms with Crippen LogP contribution in [0.5, 0.6) is 11.5 Å². The van der Waals surface area contributed by atoms with Gasteiger partial charge in [-0.25, -0.2) is 4.42 Å². The van der Waals surface area contributed by atoms with E-state index in [1.807, 2.05) is 18.2 Å². The van der Waals surface area contributed by atoms with E-state index in [0.29, 0.717) is 22.7 Å². The van der Waals surface area contributed by atoms with Crippen molar-refractivity contribution in [2.24, 2.45) is 0 Å². The molecule has 8 heteroatoms. The first-order valence-corrected chi connectivity index (χ1v) is 9.64. The maximum atomic E-state index is 13.1. The molecule has 0 radical (unpaired) electrons. The van der Waals surface area contributed by atoms with Gasteiger partial charge < -0.3 is 24.1 Å². The van der Waals surface area contributed by atoms with Gasteiger partial charge in [0.1, 0.15) is 11.5 Å². The van der Waals surface area contributed by atoms with Crippen molar-refractivity contribution in [1.82, 2.24) is 5.32 Å². The zero-order valence-corrected chi connectivity index (χ0v) is 17.0. The number of carbonyl (C=O) groups excluding carboxylic acids is 1. The monoisotopic (exact) mass is 415 g/mol. The molecule has 1 aliphatic heterocycles. The molecule has 0 atom stereocenters. The smallest absolute Gasteiger partial charge is 0.273 e. The van der Waals surface area contributed by atoms with Gasteiger partial charge in [0.05, 0.1) is 31.9 Å². The molecule has 2 aromatic carbocycles. The molecular formula is C21H22ClN3O4. The van der Waals surface area contributed by atoms with Crippen LogP contribution in [0.15, 0.2) is 47.1 Å². The Bertz CT molecular complexity index is 1010. The van der Waals surface area contributed by atoms with Crippen molar-refractivity contribution in [3.63, 3.8) is 0 Å². The molecule has 1 amide bonds. The highest BCUT2D eigenvalue weighted by atomic mass is 35.5. The summed E-state index contributed by atoms with van der Waals surface area (Å²) in [4.78, 5) is 15.3. The number of fused-ring (bicyclic) bond motifs is 1. The Morgan fingerprint density at radius 1 is 1.10 bits per heavy atom. The summed E-state index contributed by atoms with van der Waals surface area (Å²) in [6.07, 6.45) is 1.65. The lowest BCUT2D eigenvalue weighted by Gasteiger charge is -2.30. The fourth-order valence-corrected chi connectivity index (χ4v) is 3.66. The Labute approximate surface area is 173 Å². The summed E-state index contributed by atoms with van der Waals surface area (Å²) in [5.41, 5.74) is 2.65. The van der Waals surface area contributed by atoms with Crippen LogP contribution >= 0.6 is 11.8 Å². The van der Waals surface area contributed by atoms with Crippen molar-refractivity contribution >= 4 is 40.0 Å². The van der Waals surface area contributed by atoms with E-state index in [2.05, 4.69) is 10.2 Å². The maximum absolute atomic E-state index is 13.1. The van der Waals surface area contributed by atoms with Crippen LogP contribution in [0.2, 0.25) is 0 Å². The van der Waals surface area contributed by atoms with Crippen LogP contribution in [-0.2, 0) is 0 Å². The Kier molecular flexibility index (Phi) is 5.51. The van der Waals surface area contributed by atoms with Gasteiger partial charge in [0.15, 0.2) is 5.58 Å². The molecule has 1 saturated heterocycles. The molecule has 4 rings (SSSR count). The van der Waals surface area contributed by atoms with E-state index in [9.17, 15) is 4.79 Å². The average molecular weight is 416 g/mol. The molecule has 2 heterocycles. The number of halogens is 1. The number of amides is 1. The number of piperazine rings is 1. The molecule has 0 bridgehead atoms. The third-order valence-corrected chi connectivity index (χ3v) is 5.33. The molecule has 7 nitrogen and oxygen atoms in total. The molecule has 1 fully saturated rings. The van der Waals surface area contributed by atoms with E-state index < -0.39 is 0 Å². The highest BCUT2D eigenvalue weighted by molar-refractivity contribution is 6.39. The molecule has 1 N–H and O–H groups in total. The van der Waals surface area contributed by atoms with Gasteiger partial charge in [0.2, 0.25) is 0 Å². The highest BCUT2D eigenvalue weighted by Gasteiger charge is 2.22. The number of hydrogen-bond acceptors (Lipinski definition) is 6. The number of ether oxygens (including phenoxy) is 2. The molecule has 152 valence electrons. The lowest BCUT2D eigenvalue weighted by molar-refractivity contribution is 0.100. The van der Waals surface area contributed by atoms with Crippen LogP contribution in [0.25, 0.3) is 11.0 Å². The number of nitrogens with zero attached hydrogens (tertiary/aromatic N) is 2. The SMILES string of the molecule is COc1cc(OC)cc(C(=O)N(Cl)c2cc(N3CCNCC3)c3occc3c2)c1. The molecule has 1 aliphatic rings. The third kappa shape index (κ3) is 3.83. The second-order valence-electron chi connectivity index (χ2n) is 6.73. The van der Waals surface area contributed by atoms with E-state index >= 15 is 0 Å². The molecule has 3 aromatic rings. The van der Waals surface area contributed by atoms with Gasteiger partial charge in [-0.05, 0) is 30.3 Å². The van der Waals surface area contributed by atoms with Crippen molar-refractivity contribution in [2.45, 2.75) is 0 Å². The number of nitrogens with one attached hydrogen (secondary N) is 1. The van der Waals surface area contributed by atoms with Gasteiger partial charge in [-0.1, -0.05) is 0 Å². The second kappa shape index (κ2) is 8.23. The molecule has 0 spiro atoms. The van der Waals surface area contributed by atoms with Gasteiger partial charge >= 0.3 is 0 Å². The first-order chi connectivity index (χ1) is 14.1. The molecule has 29 heavy (non-hydrogen) atoms. The minimum absolute atomic E-state index is 0.368. The predicted molar refractivity (Wildman–Crippen MR) is 114 cm³/mol. The summed E-state index contributed by atoms with van der Waals surface area (Å²) in [6, 6.07) is 10.6. The Balaban J connectivity index is 1.71. The highest BCUT2D eigenvalue weighted by Crippen LogP contribution is 2.35. The Hall–Kier alpha value is -2.90. The number of anilines is 2. The van der Waals surface area contributed by atoms with E-state index in [4.69, 9.17) is 25.7 Å². The molecule has 0 unspecified atom stereocenters. The fraction of sp³-hybridized carbons (Fsp3) is 0.286. The van der Waals surface area contributed by atoms with Crippen LogP contribution in [0.4, 0.5) is 11.4 Å². The molecular weight excluding hydrogens is 394 g/mol. The number of hydrogen-bond donors (Lipinski definition) is 1. The zero-order chi connectivity index (χ0) is 20.4. The van der Waals surface area contributed by atoms with Gasteiger partial charge in [-0.15, -0.1) is 0 Å². The molecule has 0 aliphatic carbocycles. The molecule has 0 saturated carbocycles. The van der Waals surface area contributed by atoms with Crippen molar-refractivity contribution in [3.8, 4) is 11.5 Å². The predicted octanol–water partition coefficient (Wildman–Crippen LogP) is 3.66. The summed E-state index contributed by atoms with van der Waals surface area (Å²) in [5.74, 6) is 0.659. The second-order valence-corrected chi connectivity index (χ2v) is 7.07. The van der Waals surface area contributed by atoms with E-state index in [-0.39, 0.29) is 5.91 Å². The summed E-state index contributed by atoms with van der Waals surface area (Å²) >= 11 is 6.50. The van der Waals surface area contributed by atoms with Gasteiger partial charge in [0.25, 0.3) is 5.91 Å². The van der Waals surface area contributed by atoms with Crippen LogP contribution < -0.4 is 24.1 Å². The molecule has 1 aromatic heterocycles. The fourth-order valence-electron chi connectivity index (χ4n) is 3.46. The third-order valence-electron chi connectivity index (χ3n) is 4.98. The first-order valence-electron chi connectivity index (χ1n) is 9.31. The van der Waals surface area contributed by atoms with Crippen molar-refractivity contribution in [3.05, 3.63) is 48.2 Å². The van der Waals surface area contributed by atoms with Crippen molar-refractivity contribution in [2.75, 3.05) is 49.7 Å². The van der Waals surface area contributed by atoms with Crippen LogP contribution in [0.3, 0.4) is 0 Å². The summed E-state index contributed by atoms with van der Waals surface area (Å²) < 4.78 is 17.3. The first kappa shape index (κ1) is 19.4. The minimum Gasteiger partial charge on any atom is -0.497 e. The van der Waals surface area contributed by atoms with Crippen molar-refractivity contribution < 1.29 is 18.7 Å². The average Bonchev–Trinajstić information content (AvgIpc) is 3.26. The summed E-state index contributed by atoms with van der Waals surface area (Å²) in [7, 11) is 3.07. The largest absolute Gasteiger partial charge is 0.497 e. The van der Waals surface area contributed by atoms with Gasteiger partial charge in [-0.3, -0.25) is 4.79 Å². The van der Waals surface area contributed by atoms with Crippen LogP contribution in [0.1, 0.15) is 10.4 Å². The van der Waals surface area contributed by atoms with E-state index in [1.165, 1.54) is 14.2 Å². The van der Waals surface area contributed by atoms with Crippen molar-refractivity contribution in [1.29, 1.82) is 0 Å².